The second-order valence-electron chi connectivity index (χ2n) is 10.4. The number of hydrogen-bond donors (Lipinski definition) is 1. The number of hydrogen-bond acceptors (Lipinski definition) is 8. The first kappa shape index (κ1) is 26.1. The molecule has 2 aliphatic rings. The molecule has 204 valence electrons. The molecule has 0 aliphatic carbocycles. The highest BCUT2D eigenvalue weighted by Gasteiger charge is 2.32. The summed E-state index contributed by atoms with van der Waals surface area (Å²) in [6, 6.07) is 10.3. The Hall–Kier alpha value is -4.54. The monoisotopic (exact) mass is 533 g/mol. The van der Waals surface area contributed by atoms with Crippen LogP contribution in [0, 0.1) is 0 Å². The molecule has 5 rings (SSSR count). The Bertz CT molecular complexity index is 1400. The number of benzene rings is 1. The van der Waals surface area contributed by atoms with Crippen molar-refractivity contribution in [2.45, 2.75) is 32.9 Å². The Kier molecular flexibility index (Phi) is 6.90. The van der Waals surface area contributed by atoms with Crippen molar-refractivity contribution in [2.24, 2.45) is 0 Å². The normalized spacial score (nSPS) is 15.3. The third-order valence-electron chi connectivity index (χ3n) is 6.52. The van der Waals surface area contributed by atoms with Crippen LogP contribution in [0.1, 0.15) is 47.2 Å². The lowest BCUT2D eigenvalue weighted by molar-refractivity contribution is 0.0240. The Labute approximate surface area is 226 Å². The van der Waals surface area contributed by atoms with E-state index in [0.717, 1.165) is 11.3 Å². The number of ether oxygens (including phenoxy) is 2. The number of nitrogens with one attached hydrogen (secondary N) is 1. The van der Waals surface area contributed by atoms with Crippen molar-refractivity contribution in [2.75, 3.05) is 48.4 Å². The second kappa shape index (κ2) is 10.3. The van der Waals surface area contributed by atoms with E-state index < -0.39 is 11.5 Å². The number of anilines is 3. The molecular weight excluding hydrogens is 502 g/mol. The number of carbonyl (C=O) groups is 3. The number of piperazine rings is 1. The molecule has 11 heteroatoms. The van der Waals surface area contributed by atoms with Crippen molar-refractivity contribution >= 4 is 35.2 Å². The summed E-state index contributed by atoms with van der Waals surface area (Å²) in [7, 11) is 1.55. The minimum Gasteiger partial charge on any atom is -0.497 e. The molecule has 1 saturated heterocycles. The van der Waals surface area contributed by atoms with Crippen LogP contribution < -0.4 is 19.9 Å². The first-order valence-corrected chi connectivity index (χ1v) is 12.7. The Morgan fingerprint density at radius 1 is 1.05 bits per heavy atom. The lowest BCUT2D eigenvalue weighted by atomic mass is 10.1. The predicted octanol–water partition coefficient (Wildman–Crippen LogP) is 4.15. The van der Waals surface area contributed by atoms with E-state index in [1.165, 1.54) is 11.0 Å². The summed E-state index contributed by atoms with van der Waals surface area (Å²) in [4.78, 5) is 47.9. The molecule has 11 nitrogen and oxygen atoms in total. The zero-order valence-electron chi connectivity index (χ0n) is 22.4. The van der Waals surface area contributed by atoms with Crippen LogP contribution >= 0.6 is 0 Å². The van der Waals surface area contributed by atoms with Gasteiger partial charge in [0, 0.05) is 44.0 Å². The molecule has 0 bridgehead atoms. The van der Waals surface area contributed by atoms with Crippen LogP contribution in [0.25, 0.3) is 0 Å². The lowest BCUT2D eigenvalue weighted by Crippen LogP contribution is -2.50. The first-order chi connectivity index (χ1) is 18.6. The van der Waals surface area contributed by atoms with Gasteiger partial charge in [-0.3, -0.25) is 19.5 Å². The first-order valence-electron chi connectivity index (χ1n) is 12.7. The molecule has 0 saturated carbocycles. The van der Waals surface area contributed by atoms with E-state index in [0.29, 0.717) is 49.7 Å². The zero-order chi connectivity index (χ0) is 27.7. The van der Waals surface area contributed by atoms with Gasteiger partial charge < -0.3 is 29.0 Å². The van der Waals surface area contributed by atoms with Crippen molar-refractivity contribution in [1.82, 2.24) is 9.88 Å². The highest BCUT2D eigenvalue weighted by molar-refractivity contribution is 6.10. The number of nitrogens with zero attached hydrogens (tertiary/aromatic N) is 4. The van der Waals surface area contributed by atoms with Crippen LogP contribution in [0.3, 0.4) is 0 Å². The highest BCUT2D eigenvalue weighted by Crippen LogP contribution is 2.32. The number of rotatable bonds is 5. The Morgan fingerprint density at radius 3 is 2.54 bits per heavy atom. The van der Waals surface area contributed by atoms with Gasteiger partial charge in [-0.15, -0.1) is 0 Å². The van der Waals surface area contributed by atoms with Crippen molar-refractivity contribution in [3.63, 3.8) is 0 Å². The summed E-state index contributed by atoms with van der Waals surface area (Å²) in [5, 5.41) is 2.87. The van der Waals surface area contributed by atoms with Gasteiger partial charge in [0.25, 0.3) is 11.8 Å². The summed E-state index contributed by atoms with van der Waals surface area (Å²) in [6.07, 6.45) is 2.89. The fourth-order valence-corrected chi connectivity index (χ4v) is 4.58. The molecule has 1 aromatic carbocycles. The van der Waals surface area contributed by atoms with Crippen LogP contribution in [0.2, 0.25) is 0 Å². The Balaban J connectivity index is 1.24. The van der Waals surface area contributed by atoms with E-state index in [4.69, 9.17) is 13.9 Å². The van der Waals surface area contributed by atoms with Gasteiger partial charge in [0.1, 0.15) is 11.4 Å². The number of fused-ring (bicyclic) bond motifs is 1. The van der Waals surface area contributed by atoms with Crippen molar-refractivity contribution in [3.05, 3.63) is 65.7 Å². The van der Waals surface area contributed by atoms with Gasteiger partial charge in [-0.1, -0.05) is 6.07 Å². The summed E-state index contributed by atoms with van der Waals surface area (Å²) >= 11 is 0. The van der Waals surface area contributed by atoms with Crippen LogP contribution in [0.15, 0.2) is 53.2 Å². The molecule has 0 radical (unpaired) electrons. The van der Waals surface area contributed by atoms with Gasteiger partial charge in [0.15, 0.2) is 5.76 Å². The largest absolute Gasteiger partial charge is 0.497 e. The van der Waals surface area contributed by atoms with E-state index in [1.807, 2.05) is 32.9 Å². The predicted molar refractivity (Wildman–Crippen MR) is 144 cm³/mol. The molecule has 3 amide bonds. The van der Waals surface area contributed by atoms with Crippen molar-refractivity contribution < 1.29 is 28.3 Å². The van der Waals surface area contributed by atoms with Crippen LogP contribution in [-0.2, 0) is 11.3 Å². The zero-order valence-corrected chi connectivity index (χ0v) is 22.4. The summed E-state index contributed by atoms with van der Waals surface area (Å²) in [6.45, 7) is 7.99. The van der Waals surface area contributed by atoms with Gasteiger partial charge in [-0.25, -0.2) is 4.79 Å². The fraction of sp³-hybridized carbons (Fsp3) is 0.357. The molecule has 39 heavy (non-hydrogen) atoms. The van der Waals surface area contributed by atoms with Crippen LogP contribution in [-0.4, -0.2) is 66.7 Å². The van der Waals surface area contributed by atoms with Crippen molar-refractivity contribution in [1.29, 1.82) is 0 Å². The number of pyridine rings is 1. The van der Waals surface area contributed by atoms with E-state index in [9.17, 15) is 14.4 Å². The smallest absolute Gasteiger partial charge is 0.410 e. The standard InChI is InChI=1S/C28H31N5O6/c1-28(2,3)39-27(36)32-13-11-31(12-14-32)22-9-10-29-16-21(22)30-25(34)23-7-8-24(38-23)33-17-18-5-6-19(37-4)15-20(18)26(33)35/h5-10,15-16H,11-14,17H2,1-4H3,(H,30,34). The molecule has 1 fully saturated rings. The summed E-state index contributed by atoms with van der Waals surface area (Å²) < 4.78 is 16.5. The molecule has 0 spiro atoms. The van der Waals surface area contributed by atoms with E-state index in [2.05, 4.69) is 15.2 Å². The second-order valence-corrected chi connectivity index (χ2v) is 10.4. The molecule has 3 aromatic rings. The van der Waals surface area contributed by atoms with Crippen molar-refractivity contribution in [3.8, 4) is 5.75 Å². The quantitative estimate of drug-likeness (QED) is 0.520. The minimum atomic E-state index is -0.553. The van der Waals surface area contributed by atoms with Gasteiger partial charge >= 0.3 is 6.09 Å². The maximum atomic E-state index is 13.1. The Morgan fingerprint density at radius 2 is 1.82 bits per heavy atom. The fourth-order valence-electron chi connectivity index (χ4n) is 4.58. The highest BCUT2D eigenvalue weighted by atomic mass is 16.6. The maximum Gasteiger partial charge on any atom is 0.410 e. The van der Waals surface area contributed by atoms with Crippen LogP contribution in [0.5, 0.6) is 5.75 Å². The van der Waals surface area contributed by atoms with Gasteiger partial charge in [-0.2, -0.15) is 0 Å². The third-order valence-corrected chi connectivity index (χ3v) is 6.52. The average Bonchev–Trinajstić information content (AvgIpc) is 3.53. The molecule has 1 N–H and O–H groups in total. The molecule has 0 unspecified atom stereocenters. The topological polar surface area (TPSA) is 117 Å². The molecule has 2 aromatic heterocycles. The van der Waals surface area contributed by atoms with E-state index >= 15 is 0 Å². The van der Waals surface area contributed by atoms with Gasteiger partial charge in [0.05, 0.1) is 31.2 Å². The van der Waals surface area contributed by atoms with Crippen LogP contribution in [0.4, 0.5) is 22.1 Å². The number of amides is 3. The molecule has 2 aliphatic heterocycles. The SMILES string of the molecule is COc1ccc2c(c1)C(=O)N(c1ccc(C(=O)Nc3cnccc3N3CCN(C(=O)OC(C)(C)C)CC3)o1)C2. The minimum absolute atomic E-state index is 0.0656. The summed E-state index contributed by atoms with van der Waals surface area (Å²) in [5.74, 6) is 0.266. The number of aromatic nitrogens is 1. The number of furan rings is 1. The summed E-state index contributed by atoms with van der Waals surface area (Å²) in [5.41, 5.74) is 2.15. The van der Waals surface area contributed by atoms with E-state index in [-0.39, 0.29) is 23.6 Å². The molecular formula is C28H31N5O6. The number of methoxy groups -OCH3 is 1. The average molecular weight is 534 g/mol. The van der Waals surface area contributed by atoms with Gasteiger partial charge in [0.2, 0.25) is 5.88 Å². The lowest BCUT2D eigenvalue weighted by Gasteiger charge is -2.37. The molecule has 0 atom stereocenters. The number of carbonyl (C=O) groups excluding carboxylic acids is 3. The van der Waals surface area contributed by atoms with Gasteiger partial charge in [-0.05, 0) is 50.6 Å². The molecule has 4 heterocycles. The third kappa shape index (κ3) is 5.52. The van der Waals surface area contributed by atoms with E-state index in [1.54, 1.807) is 42.6 Å². The maximum absolute atomic E-state index is 13.1.